The fourth-order valence-electron chi connectivity index (χ4n) is 3.06. The van der Waals surface area contributed by atoms with E-state index in [9.17, 15) is 4.79 Å². The van der Waals surface area contributed by atoms with E-state index in [1.165, 1.54) is 5.56 Å². The van der Waals surface area contributed by atoms with Gasteiger partial charge in [0.25, 0.3) is 0 Å². The van der Waals surface area contributed by atoms with Crippen molar-refractivity contribution in [2.75, 3.05) is 45.9 Å². The van der Waals surface area contributed by atoms with Crippen LogP contribution in [0.2, 0.25) is 0 Å². The molecule has 0 aromatic heterocycles. The molecule has 1 aliphatic heterocycles. The van der Waals surface area contributed by atoms with Gasteiger partial charge >= 0.3 is 6.03 Å². The van der Waals surface area contributed by atoms with Gasteiger partial charge in [-0.3, -0.25) is 4.90 Å². The van der Waals surface area contributed by atoms with Crippen LogP contribution >= 0.6 is 0 Å². The molecule has 2 amide bonds. The molecule has 1 heterocycles. The highest BCUT2D eigenvalue weighted by molar-refractivity contribution is 5.74. The average Bonchev–Trinajstić information content (AvgIpc) is 2.71. The van der Waals surface area contributed by atoms with Crippen LogP contribution in [0.3, 0.4) is 0 Å². The number of ether oxygens (including phenoxy) is 1. The number of hydrogen-bond donors (Lipinski definition) is 1. The Hall–Kier alpha value is -2.53. The summed E-state index contributed by atoms with van der Waals surface area (Å²) in [5, 5.41) is 2.94. The van der Waals surface area contributed by atoms with Crippen LogP contribution in [0.5, 0.6) is 5.75 Å². The minimum atomic E-state index is 0.00405. The number of urea groups is 1. The van der Waals surface area contributed by atoms with Gasteiger partial charge in [-0.05, 0) is 24.1 Å². The van der Waals surface area contributed by atoms with E-state index in [0.717, 1.165) is 44.9 Å². The number of carbonyl (C=O) groups excluding carboxylic acids is 1. The summed E-state index contributed by atoms with van der Waals surface area (Å²) in [4.78, 5) is 16.6. The van der Waals surface area contributed by atoms with E-state index < -0.39 is 0 Å². The number of benzene rings is 2. The predicted octanol–water partition coefficient (Wildman–Crippen LogP) is 2.64. The maximum absolute atomic E-state index is 12.2. The van der Waals surface area contributed by atoms with Crippen molar-refractivity contribution in [2.45, 2.75) is 6.42 Å². The van der Waals surface area contributed by atoms with Crippen molar-refractivity contribution in [1.29, 1.82) is 0 Å². The van der Waals surface area contributed by atoms with E-state index in [2.05, 4.69) is 34.5 Å². The van der Waals surface area contributed by atoms with E-state index in [4.69, 9.17) is 4.74 Å². The summed E-state index contributed by atoms with van der Waals surface area (Å²) >= 11 is 0. The molecule has 2 aromatic rings. The Kier molecular flexibility index (Phi) is 6.90. The summed E-state index contributed by atoms with van der Waals surface area (Å²) in [5.74, 6) is 0.828. The number of hydrogen-bond acceptors (Lipinski definition) is 3. The van der Waals surface area contributed by atoms with Crippen molar-refractivity contribution in [3.8, 4) is 5.75 Å². The van der Waals surface area contributed by atoms with E-state index in [1.54, 1.807) is 0 Å². The standard InChI is InChI=1S/C21H27N3O2/c25-21(22-12-18-26-20-9-5-2-6-10-20)24-16-14-23(15-17-24)13-11-19-7-3-1-4-8-19/h1-10H,11-18H2,(H,22,25). The number of para-hydroxylation sites is 1. The molecule has 138 valence electrons. The van der Waals surface area contributed by atoms with Gasteiger partial charge in [-0.25, -0.2) is 4.79 Å². The second kappa shape index (κ2) is 9.82. The normalized spacial score (nSPS) is 14.8. The third-order valence-electron chi connectivity index (χ3n) is 4.61. The van der Waals surface area contributed by atoms with Gasteiger partial charge in [0.05, 0.1) is 6.54 Å². The summed E-state index contributed by atoms with van der Waals surface area (Å²) in [6.07, 6.45) is 1.06. The molecule has 0 radical (unpaired) electrons. The Labute approximate surface area is 155 Å². The number of rotatable bonds is 7. The van der Waals surface area contributed by atoms with E-state index in [-0.39, 0.29) is 6.03 Å². The maximum Gasteiger partial charge on any atom is 0.317 e. The van der Waals surface area contributed by atoms with Crippen LogP contribution in [0.4, 0.5) is 4.79 Å². The monoisotopic (exact) mass is 353 g/mol. The number of amides is 2. The molecule has 0 bridgehead atoms. The first-order valence-corrected chi connectivity index (χ1v) is 9.28. The molecule has 1 fully saturated rings. The van der Waals surface area contributed by atoms with Crippen molar-refractivity contribution in [2.24, 2.45) is 0 Å². The molecule has 2 aromatic carbocycles. The molecule has 5 nitrogen and oxygen atoms in total. The first-order valence-electron chi connectivity index (χ1n) is 9.28. The van der Waals surface area contributed by atoms with Gasteiger partial charge in [0, 0.05) is 32.7 Å². The maximum atomic E-state index is 12.2. The lowest BCUT2D eigenvalue weighted by Crippen LogP contribution is -2.52. The first kappa shape index (κ1) is 18.3. The quantitative estimate of drug-likeness (QED) is 0.779. The fourth-order valence-corrected chi connectivity index (χ4v) is 3.06. The molecule has 3 rings (SSSR count). The van der Waals surface area contributed by atoms with Gasteiger partial charge in [0.15, 0.2) is 0 Å². The van der Waals surface area contributed by atoms with Crippen molar-refractivity contribution in [3.63, 3.8) is 0 Å². The summed E-state index contributed by atoms with van der Waals surface area (Å²) in [6.45, 7) is 5.46. The zero-order valence-electron chi connectivity index (χ0n) is 15.1. The number of carbonyl (C=O) groups is 1. The predicted molar refractivity (Wildman–Crippen MR) is 103 cm³/mol. The number of piperazine rings is 1. The van der Waals surface area contributed by atoms with Gasteiger partial charge in [0.1, 0.15) is 12.4 Å². The first-order chi connectivity index (χ1) is 12.8. The van der Waals surface area contributed by atoms with Crippen molar-refractivity contribution >= 4 is 6.03 Å². The molecule has 1 saturated heterocycles. The van der Waals surface area contributed by atoms with E-state index >= 15 is 0 Å². The summed E-state index contributed by atoms with van der Waals surface area (Å²) in [5.41, 5.74) is 1.37. The molecular weight excluding hydrogens is 326 g/mol. The topological polar surface area (TPSA) is 44.8 Å². The van der Waals surface area contributed by atoms with Crippen LogP contribution in [-0.2, 0) is 6.42 Å². The molecule has 0 spiro atoms. The second-order valence-electron chi connectivity index (χ2n) is 6.46. The van der Waals surface area contributed by atoms with Crippen LogP contribution in [0.25, 0.3) is 0 Å². The molecule has 26 heavy (non-hydrogen) atoms. The molecule has 0 saturated carbocycles. The SMILES string of the molecule is O=C(NCCOc1ccccc1)N1CCN(CCc2ccccc2)CC1. The van der Waals surface area contributed by atoms with Gasteiger partial charge in [0.2, 0.25) is 0 Å². The largest absolute Gasteiger partial charge is 0.492 e. The van der Waals surface area contributed by atoms with Crippen LogP contribution in [-0.4, -0.2) is 61.7 Å². The minimum Gasteiger partial charge on any atom is -0.492 e. The van der Waals surface area contributed by atoms with Crippen molar-refractivity contribution in [1.82, 2.24) is 15.1 Å². The Morgan fingerprint density at radius 3 is 2.27 bits per heavy atom. The Morgan fingerprint density at radius 1 is 0.923 bits per heavy atom. The Morgan fingerprint density at radius 2 is 1.58 bits per heavy atom. The lowest BCUT2D eigenvalue weighted by atomic mass is 10.1. The summed E-state index contributed by atoms with van der Waals surface area (Å²) in [7, 11) is 0. The van der Waals surface area contributed by atoms with Gasteiger partial charge in [-0.2, -0.15) is 0 Å². The molecule has 0 unspecified atom stereocenters. The Bertz CT molecular complexity index is 655. The summed E-state index contributed by atoms with van der Waals surface area (Å²) < 4.78 is 5.59. The Balaban J connectivity index is 1.29. The molecule has 1 aliphatic rings. The third kappa shape index (κ3) is 5.77. The van der Waals surface area contributed by atoms with Gasteiger partial charge < -0.3 is 15.0 Å². The smallest absolute Gasteiger partial charge is 0.317 e. The van der Waals surface area contributed by atoms with Crippen molar-refractivity contribution < 1.29 is 9.53 Å². The van der Waals surface area contributed by atoms with Crippen LogP contribution in [0.1, 0.15) is 5.56 Å². The highest BCUT2D eigenvalue weighted by Crippen LogP contribution is 2.08. The number of nitrogens with one attached hydrogen (secondary N) is 1. The van der Waals surface area contributed by atoms with Crippen LogP contribution in [0.15, 0.2) is 60.7 Å². The van der Waals surface area contributed by atoms with Crippen LogP contribution < -0.4 is 10.1 Å². The van der Waals surface area contributed by atoms with Gasteiger partial charge in [-0.15, -0.1) is 0 Å². The van der Waals surface area contributed by atoms with Crippen LogP contribution in [0, 0.1) is 0 Å². The molecule has 0 atom stereocenters. The zero-order chi connectivity index (χ0) is 18.0. The lowest BCUT2D eigenvalue weighted by molar-refractivity contribution is 0.139. The van der Waals surface area contributed by atoms with E-state index in [0.29, 0.717) is 13.2 Å². The highest BCUT2D eigenvalue weighted by atomic mass is 16.5. The zero-order valence-corrected chi connectivity index (χ0v) is 15.1. The number of nitrogens with zero attached hydrogens (tertiary/aromatic N) is 2. The average molecular weight is 353 g/mol. The second-order valence-corrected chi connectivity index (χ2v) is 6.46. The minimum absolute atomic E-state index is 0.00405. The molecular formula is C21H27N3O2. The molecule has 1 N–H and O–H groups in total. The van der Waals surface area contributed by atoms with E-state index in [1.807, 2.05) is 41.3 Å². The molecule has 5 heteroatoms. The highest BCUT2D eigenvalue weighted by Gasteiger charge is 2.20. The van der Waals surface area contributed by atoms with Gasteiger partial charge in [-0.1, -0.05) is 48.5 Å². The lowest BCUT2D eigenvalue weighted by Gasteiger charge is -2.34. The third-order valence-corrected chi connectivity index (χ3v) is 4.61. The summed E-state index contributed by atoms with van der Waals surface area (Å²) in [6, 6.07) is 20.2. The fraction of sp³-hybridized carbons (Fsp3) is 0.381. The van der Waals surface area contributed by atoms with Crippen molar-refractivity contribution in [3.05, 3.63) is 66.2 Å². The molecule has 0 aliphatic carbocycles.